The molecule has 0 saturated carbocycles. The van der Waals surface area contributed by atoms with Crippen LogP contribution in [0.1, 0.15) is 0 Å². The molecule has 3 nitrogen and oxygen atoms in total. The fraction of sp³-hybridized carbons (Fsp3) is 0. The van der Waals surface area contributed by atoms with Crippen LogP contribution in [0.15, 0.2) is 199 Å². The lowest BCUT2D eigenvalue weighted by molar-refractivity contribution is 0.669. The number of rotatable bonds is 5. The Morgan fingerprint density at radius 2 is 0.943 bits per heavy atom. The van der Waals surface area contributed by atoms with Gasteiger partial charge < -0.3 is 13.9 Å². The number of hydrogen-bond donors (Lipinski definition) is 0. The SMILES string of the molecule is c1ccc2cc(-c3ccc(N(c4ccc(-n5c6ccccc6c6ccccc65)cc4)c4cc5ccccc5c5c4oc4ccccc45)cc3)ccc2c1. The predicted molar refractivity (Wildman–Crippen MR) is 223 cm³/mol. The Balaban J connectivity index is 1.11. The van der Waals surface area contributed by atoms with Crippen molar-refractivity contribution in [3.8, 4) is 16.8 Å². The summed E-state index contributed by atoms with van der Waals surface area (Å²) >= 11 is 0. The van der Waals surface area contributed by atoms with Gasteiger partial charge in [-0.25, -0.2) is 0 Å². The van der Waals surface area contributed by atoms with Crippen molar-refractivity contribution in [3.05, 3.63) is 194 Å². The summed E-state index contributed by atoms with van der Waals surface area (Å²) in [5.41, 5.74) is 10.7. The van der Waals surface area contributed by atoms with Crippen LogP contribution in [0.4, 0.5) is 17.1 Å². The molecule has 0 spiro atoms. The average molecular weight is 677 g/mol. The molecular weight excluding hydrogens is 645 g/mol. The summed E-state index contributed by atoms with van der Waals surface area (Å²) in [4.78, 5) is 2.34. The van der Waals surface area contributed by atoms with Crippen LogP contribution in [-0.4, -0.2) is 4.57 Å². The first kappa shape index (κ1) is 29.6. The lowest BCUT2D eigenvalue weighted by atomic mass is 10.00. The summed E-state index contributed by atoms with van der Waals surface area (Å²) in [6.07, 6.45) is 0. The predicted octanol–water partition coefficient (Wildman–Crippen LogP) is 14.1. The van der Waals surface area contributed by atoms with Gasteiger partial charge in [0.25, 0.3) is 0 Å². The highest BCUT2D eigenvalue weighted by Gasteiger charge is 2.22. The molecule has 0 aliphatic heterocycles. The standard InChI is InChI=1S/C50H32N2O/c1-2-12-35-31-36(22-21-33(35)11-1)34-23-25-38(26-24-34)51(47-32-37-13-3-4-14-41(37)49-44-17-7-10-20-48(44)53-50(47)49)39-27-29-40(30-28-39)52-45-18-8-5-15-42(45)43-16-6-9-19-46(43)52/h1-32H. The van der Waals surface area contributed by atoms with E-state index in [4.69, 9.17) is 4.42 Å². The highest BCUT2D eigenvalue weighted by Crippen LogP contribution is 2.46. The first-order valence-corrected chi connectivity index (χ1v) is 18.1. The van der Waals surface area contributed by atoms with Crippen LogP contribution in [0.3, 0.4) is 0 Å². The van der Waals surface area contributed by atoms with Crippen LogP contribution in [0.2, 0.25) is 0 Å². The molecule has 53 heavy (non-hydrogen) atoms. The lowest BCUT2D eigenvalue weighted by Crippen LogP contribution is -2.10. The van der Waals surface area contributed by atoms with Gasteiger partial charge in [-0.1, -0.05) is 127 Å². The second-order valence-corrected chi connectivity index (χ2v) is 13.7. The number of benzene rings is 9. The molecule has 0 bridgehead atoms. The summed E-state index contributed by atoms with van der Waals surface area (Å²) in [6.45, 7) is 0. The third-order valence-corrected chi connectivity index (χ3v) is 10.7. The van der Waals surface area contributed by atoms with E-state index in [9.17, 15) is 0 Å². The first-order valence-electron chi connectivity index (χ1n) is 18.1. The maximum atomic E-state index is 6.78. The highest BCUT2D eigenvalue weighted by molar-refractivity contribution is 6.23. The van der Waals surface area contributed by atoms with Crippen LogP contribution in [0.25, 0.3) is 82.1 Å². The third kappa shape index (κ3) is 4.68. The molecule has 0 fully saturated rings. The zero-order chi connectivity index (χ0) is 34.9. The molecule has 2 heterocycles. The van der Waals surface area contributed by atoms with Crippen molar-refractivity contribution in [2.24, 2.45) is 0 Å². The molecule has 2 aromatic heterocycles. The van der Waals surface area contributed by atoms with Gasteiger partial charge in [0, 0.05) is 38.6 Å². The minimum absolute atomic E-state index is 0.870. The van der Waals surface area contributed by atoms with Gasteiger partial charge in [0.05, 0.1) is 16.7 Å². The van der Waals surface area contributed by atoms with E-state index in [0.717, 1.165) is 44.7 Å². The molecule has 0 aliphatic rings. The second kappa shape index (κ2) is 11.7. The van der Waals surface area contributed by atoms with Gasteiger partial charge in [0.1, 0.15) is 5.58 Å². The summed E-state index contributed by atoms with van der Waals surface area (Å²) in [7, 11) is 0. The Labute approximate surface area is 306 Å². The van der Waals surface area contributed by atoms with Crippen molar-refractivity contribution in [2.75, 3.05) is 4.90 Å². The van der Waals surface area contributed by atoms with E-state index in [2.05, 4.69) is 198 Å². The molecule has 9 aromatic carbocycles. The minimum Gasteiger partial charge on any atom is -0.454 e. The van der Waals surface area contributed by atoms with Crippen LogP contribution < -0.4 is 4.90 Å². The number of hydrogen-bond acceptors (Lipinski definition) is 2. The van der Waals surface area contributed by atoms with Gasteiger partial charge in [0.15, 0.2) is 5.58 Å². The van der Waals surface area contributed by atoms with Crippen LogP contribution in [0.5, 0.6) is 0 Å². The summed E-state index contributed by atoms with van der Waals surface area (Å²) in [6, 6.07) is 69.7. The third-order valence-electron chi connectivity index (χ3n) is 10.7. The molecule has 3 heteroatoms. The fourth-order valence-electron chi connectivity index (χ4n) is 8.27. The molecule has 0 aliphatic carbocycles. The van der Waals surface area contributed by atoms with E-state index in [-0.39, 0.29) is 0 Å². The molecule has 0 atom stereocenters. The van der Waals surface area contributed by atoms with Gasteiger partial charge in [-0.2, -0.15) is 0 Å². The van der Waals surface area contributed by atoms with E-state index in [1.807, 2.05) is 6.07 Å². The zero-order valence-corrected chi connectivity index (χ0v) is 28.8. The minimum atomic E-state index is 0.870. The van der Waals surface area contributed by atoms with Crippen molar-refractivity contribution < 1.29 is 4.42 Å². The quantitative estimate of drug-likeness (QED) is 0.181. The van der Waals surface area contributed by atoms with Crippen molar-refractivity contribution in [3.63, 3.8) is 0 Å². The number of anilines is 3. The molecule has 0 saturated heterocycles. The highest BCUT2D eigenvalue weighted by atomic mass is 16.3. The Morgan fingerprint density at radius 3 is 1.66 bits per heavy atom. The van der Waals surface area contributed by atoms with Crippen LogP contribution >= 0.6 is 0 Å². The van der Waals surface area contributed by atoms with Crippen molar-refractivity contribution in [2.45, 2.75) is 0 Å². The number of nitrogens with zero attached hydrogens (tertiary/aromatic N) is 2. The van der Waals surface area contributed by atoms with Crippen LogP contribution in [-0.2, 0) is 0 Å². The Hall–Kier alpha value is -7.10. The molecular formula is C50H32N2O. The van der Waals surface area contributed by atoms with Crippen molar-refractivity contribution in [1.29, 1.82) is 0 Å². The van der Waals surface area contributed by atoms with Crippen molar-refractivity contribution in [1.82, 2.24) is 4.57 Å². The van der Waals surface area contributed by atoms with E-state index in [1.54, 1.807) is 0 Å². The number of fused-ring (bicyclic) bond motifs is 9. The average Bonchev–Trinajstić information content (AvgIpc) is 3.78. The molecule has 248 valence electrons. The van der Waals surface area contributed by atoms with Gasteiger partial charge in [-0.15, -0.1) is 0 Å². The topological polar surface area (TPSA) is 21.3 Å². The Bertz CT molecular complexity index is 3110. The normalized spacial score (nSPS) is 11.8. The lowest BCUT2D eigenvalue weighted by Gasteiger charge is -2.26. The summed E-state index contributed by atoms with van der Waals surface area (Å²) in [5.74, 6) is 0. The second-order valence-electron chi connectivity index (χ2n) is 13.7. The maximum Gasteiger partial charge on any atom is 0.160 e. The molecule has 0 unspecified atom stereocenters. The monoisotopic (exact) mass is 676 g/mol. The Morgan fingerprint density at radius 1 is 0.396 bits per heavy atom. The number of furan rings is 1. The van der Waals surface area contributed by atoms with E-state index >= 15 is 0 Å². The van der Waals surface area contributed by atoms with Gasteiger partial charge >= 0.3 is 0 Å². The van der Waals surface area contributed by atoms with Crippen LogP contribution in [0, 0.1) is 0 Å². The summed E-state index contributed by atoms with van der Waals surface area (Å²) in [5, 5.41) is 9.59. The molecule has 0 radical (unpaired) electrons. The number of para-hydroxylation sites is 3. The van der Waals surface area contributed by atoms with Gasteiger partial charge in [0.2, 0.25) is 0 Å². The van der Waals surface area contributed by atoms with E-state index < -0.39 is 0 Å². The summed E-state index contributed by atoms with van der Waals surface area (Å²) < 4.78 is 9.15. The maximum absolute atomic E-state index is 6.78. The molecule has 0 N–H and O–H groups in total. The van der Waals surface area contributed by atoms with E-state index in [1.165, 1.54) is 54.5 Å². The fourth-order valence-corrected chi connectivity index (χ4v) is 8.27. The largest absolute Gasteiger partial charge is 0.454 e. The van der Waals surface area contributed by atoms with Gasteiger partial charge in [-0.05, 0) is 99.4 Å². The van der Waals surface area contributed by atoms with Gasteiger partial charge in [-0.3, -0.25) is 0 Å². The Kier molecular flexibility index (Phi) is 6.55. The molecule has 0 amide bonds. The van der Waals surface area contributed by atoms with E-state index in [0.29, 0.717) is 0 Å². The zero-order valence-electron chi connectivity index (χ0n) is 28.8. The molecule has 11 rings (SSSR count). The van der Waals surface area contributed by atoms with Crippen molar-refractivity contribution >= 4 is 82.4 Å². The first-order chi connectivity index (χ1) is 26.3. The molecule has 11 aromatic rings. The smallest absolute Gasteiger partial charge is 0.160 e. The number of aromatic nitrogens is 1.